The summed E-state index contributed by atoms with van der Waals surface area (Å²) in [5, 5.41) is 4.03. The molecule has 0 N–H and O–H groups in total. The number of aromatic nitrogens is 2. The van der Waals surface area contributed by atoms with Crippen molar-refractivity contribution < 1.29 is 0 Å². The lowest BCUT2D eigenvalue weighted by Gasteiger charge is -2.18. The highest BCUT2D eigenvalue weighted by Gasteiger charge is 2.17. The summed E-state index contributed by atoms with van der Waals surface area (Å²) in [6.07, 6.45) is 15.8. The first-order valence-corrected chi connectivity index (χ1v) is 9.59. The fourth-order valence-electron chi connectivity index (χ4n) is 2.46. The second-order valence-electron chi connectivity index (χ2n) is 9.01. The summed E-state index contributed by atoms with van der Waals surface area (Å²) in [4.78, 5) is 4.31. The van der Waals surface area contributed by atoms with Crippen LogP contribution < -0.4 is 0 Å². The van der Waals surface area contributed by atoms with Crippen LogP contribution >= 0.6 is 0 Å². The molecule has 0 aromatic carbocycles. The van der Waals surface area contributed by atoms with Crippen LogP contribution in [0.25, 0.3) is 0 Å². The maximum atomic E-state index is 4.31. The third-order valence-corrected chi connectivity index (χ3v) is 4.10. The molecule has 0 atom stereocenters. The molecule has 0 spiro atoms. The molecule has 28 heavy (non-hydrogen) atoms. The van der Waals surface area contributed by atoms with Gasteiger partial charge < -0.3 is 0 Å². The van der Waals surface area contributed by atoms with Gasteiger partial charge in [-0.1, -0.05) is 80.7 Å². The monoisotopic (exact) mass is 387 g/mol. The van der Waals surface area contributed by atoms with E-state index in [0.717, 1.165) is 13.0 Å². The Morgan fingerprint density at radius 2 is 1.57 bits per heavy atom. The molecule has 0 saturated heterocycles. The Labute approximate surface area is 175 Å². The third-order valence-electron chi connectivity index (χ3n) is 4.10. The Morgan fingerprint density at radius 3 is 1.79 bits per heavy atom. The van der Waals surface area contributed by atoms with Crippen LogP contribution in [0.15, 0.2) is 59.4 Å². The molecule has 0 unspecified atom stereocenters. The van der Waals surface area contributed by atoms with Crippen LogP contribution in [0.3, 0.4) is 0 Å². The molecule has 160 valence electrons. The van der Waals surface area contributed by atoms with E-state index in [4.69, 9.17) is 0 Å². The molecule has 1 aliphatic carbocycles. The predicted octanol–water partition coefficient (Wildman–Crippen LogP) is 7.70. The van der Waals surface area contributed by atoms with Crippen molar-refractivity contribution in [2.24, 2.45) is 15.8 Å². The molecule has 1 aromatic heterocycles. The van der Waals surface area contributed by atoms with Gasteiger partial charge in [-0.2, -0.15) is 5.10 Å². The Morgan fingerprint density at radius 1 is 0.929 bits per heavy atom. The largest absolute Gasteiger partial charge is 0.285 e. The van der Waals surface area contributed by atoms with Crippen LogP contribution in [-0.4, -0.2) is 22.0 Å². The molecule has 3 rings (SSSR count). The van der Waals surface area contributed by atoms with Crippen molar-refractivity contribution in [2.45, 2.75) is 82.7 Å². The summed E-state index contributed by atoms with van der Waals surface area (Å²) in [7, 11) is 0. The van der Waals surface area contributed by atoms with Gasteiger partial charge in [0.1, 0.15) is 0 Å². The Hall–Kier alpha value is -1.90. The summed E-state index contributed by atoms with van der Waals surface area (Å²) in [6.45, 7) is 18.4. The molecule has 3 heteroatoms. The summed E-state index contributed by atoms with van der Waals surface area (Å²) in [6, 6.07) is 2.42. The van der Waals surface area contributed by atoms with Crippen molar-refractivity contribution in [1.82, 2.24) is 9.78 Å². The average molecular weight is 388 g/mol. The number of hydrogen-bond acceptors (Lipinski definition) is 2. The highest BCUT2D eigenvalue weighted by molar-refractivity contribution is 6.00. The summed E-state index contributed by atoms with van der Waals surface area (Å²) >= 11 is 0. The van der Waals surface area contributed by atoms with Gasteiger partial charge in [0, 0.05) is 29.6 Å². The minimum absolute atomic E-state index is 0. The number of rotatable bonds is 1. The van der Waals surface area contributed by atoms with Gasteiger partial charge in [0.25, 0.3) is 0 Å². The van der Waals surface area contributed by atoms with Crippen LogP contribution in [0.5, 0.6) is 0 Å². The molecule has 0 amide bonds. The molecule has 2 aliphatic rings. The van der Waals surface area contributed by atoms with Crippen molar-refractivity contribution in [3.05, 3.63) is 54.4 Å². The van der Waals surface area contributed by atoms with E-state index in [-0.39, 0.29) is 20.3 Å². The second kappa shape index (κ2) is 12.5. The van der Waals surface area contributed by atoms with Crippen molar-refractivity contribution in [3.8, 4) is 0 Å². The van der Waals surface area contributed by atoms with E-state index in [1.54, 1.807) is 6.20 Å². The SMILES string of the molecule is C.C.CC(C)(C)C1=CCC=C1.CC(C)(C)C1=NCC=C1.CC(C)n1cccn1. The van der Waals surface area contributed by atoms with Gasteiger partial charge in [0.2, 0.25) is 0 Å². The maximum Gasteiger partial charge on any atom is 0.0577 e. The van der Waals surface area contributed by atoms with Crippen molar-refractivity contribution in [1.29, 1.82) is 0 Å². The molecule has 0 fully saturated rings. The van der Waals surface area contributed by atoms with Crippen LogP contribution in [-0.2, 0) is 0 Å². The summed E-state index contributed by atoms with van der Waals surface area (Å²) in [5.74, 6) is 0. The van der Waals surface area contributed by atoms with Crippen LogP contribution in [0.2, 0.25) is 0 Å². The lowest BCUT2D eigenvalue weighted by Crippen LogP contribution is -2.16. The Balaban J connectivity index is 0. The third kappa shape index (κ3) is 10.4. The smallest absolute Gasteiger partial charge is 0.0577 e. The van der Waals surface area contributed by atoms with Crippen LogP contribution in [0, 0.1) is 10.8 Å². The fraction of sp³-hybridized carbons (Fsp3) is 0.600. The van der Waals surface area contributed by atoms with E-state index in [1.807, 2.05) is 16.9 Å². The van der Waals surface area contributed by atoms with E-state index in [1.165, 1.54) is 11.3 Å². The highest BCUT2D eigenvalue weighted by Crippen LogP contribution is 2.29. The van der Waals surface area contributed by atoms with Gasteiger partial charge in [-0.3, -0.25) is 9.67 Å². The topological polar surface area (TPSA) is 30.2 Å². The zero-order valence-electron chi connectivity index (χ0n) is 18.0. The second-order valence-corrected chi connectivity index (χ2v) is 9.01. The van der Waals surface area contributed by atoms with Gasteiger partial charge in [-0.05, 0) is 43.4 Å². The molecule has 3 nitrogen and oxygen atoms in total. The number of nitrogens with zero attached hydrogens (tertiary/aromatic N) is 3. The molecular formula is C25H45N3. The summed E-state index contributed by atoms with van der Waals surface area (Å²) in [5.41, 5.74) is 3.30. The molecule has 2 heterocycles. The number of aliphatic imine (C=N–C) groups is 1. The minimum Gasteiger partial charge on any atom is -0.285 e. The lowest BCUT2D eigenvalue weighted by atomic mass is 9.87. The Bertz CT molecular complexity index is 603. The van der Waals surface area contributed by atoms with E-state index in [0.29, 0.717) is 11.5 Å². The first kappa shape index (κ1) is 28.3. The number of hydrogen-bond donors (Lipinski definition) is 0. The van der Waals surface area contributed by atoms with Gasteiger partial charge in [-0.25, -0.2) is 0 Å². The van der Waals surface area contributed by atoms with Gasteiger partial charge >= 0.3 is 0 Å². The Kier molecular flexibility index (Phi) is 12.7. The average Bonchev–Trinajstić information content (AvgIpc) is 3.28. The summed E-state index contributed by atoms with van der Waals surface area (Å²) < 4.78 is 1.92. The van der Waals surface area contributed by atoms with E-state index in [9.17, 15) is 0 Å². The van der Waals surface area contributed by atoms with E-state index in [2.05, 4.69) is 95.9 Å². The first-order chi connectivity index (χ1) is 12.0. The van der Waals surface area contributed by atoms with Crippen molar-refractivity contribution >= 4 is 5.71 Å². The maximum absolute atomic E-state index is 4.31. The quantitative estimate of drug-likeness (QED) is 0.485. The minimum atomic E-state index is 0. The van der Waals surface area contributed by atoms with Crippen molar-refractivity contribution in [3.63, 3.8) is 0 Å². The zero-order valence-corrected chi connectivity index (χ0v) is 18.0. The van der Waals surface area contributed by atoms with E-state index < -0.39 is 0 Å². The fourth-order valence-corrected chi connectivity index (χ4v) is 2.46. The molecule has 0 bridgehead atoms. The molecule has 1 aromatic rings. The highest BCUT2D eigenvalue weighted by atomic mass is 15.3. The van der Waals surface area contributed by atoms with Crippen LogP contribution in [0.4, 0.5) is 0 Å². The molecule has 0 radical (unpaired) electrons. The van der Waals surface area contributed by atoms with Crippen LogP contribution in [0.1, 0.15) is 82.7 Å². The van der Waals surface area contributed by atoms with E-state index >= 15 is 0 Å². The van der Waals surface area contributed by atoms with Gasteiger partial charge in [0.05, 0.1) is 6.54 Å². The molecular weight excluding hydrogens is 342 g/mol. The molecule has 1 aliphatic heterocycles. The normalized spacial score (nSPS) is 14.8. The zero-order chi connectivity index (χ0) is 19.8. The lowest BCUT2D eigenvalue weighted by molar-refractivity contribution is 0.518. The first-order valence-electron chi connectivity index (χ1n) is 9.59. The van der Waals surface area contributed by atoms with Gasteiger partial charge in [0.15, 0.2) is 0 Å². The number of allylic oxidation sites excluding steroid dienone is 5. The van der Waals surface area contributed by atoms with Crippen molar-refractivity contribution in [2.75, 3.05) is 6.54 Å². The predicted molar refractivity (Wildman–Crippen MR) is 128 cm³/mol. The van der Waals surface area contributed by atoms with Gasteiger partial charge in [-0.15, -0.1) is 0 Å². The molecule has 0 saturated carbocycles. The standard InChI is InChI=1S/C9H14.C8H13N.C6H10N2.2CH4/c1-9(2,3)8-6-4-5-7-8;1-8(2,3)7-5-4-6-9-7;1-6(2)8-5-3-4-7-8;;/h4,6-7H,5H2,1-3H3;4-5H,6H2,1-3H3;3-6H,1-2H3;2*1H4.